The smallest absolute Gasteiger partial charge is 0.272 e. The van der Waals surface area contributed by atoms with Gasteiger partial charge >= 0.3 is 0 Å². The minimum Gasteiger partial charge on any atom is -0.497 e. The Hall–Kier alpha value is -5.97. The summed E-state index contributed by atoms with van der Waals surface area (Å²) in [4.78, 5) is 46.9. The van der Waals surface area contributed by atoms with Crippen molar-refractivity contribution in [2.24, 2.45) is 0 Å². The zero-order chi connectivity index (χ0) is 35.6. The Morgan fingerprint density at radius 1 is 0.765 bits per heavy atom. The first kappa shape index (κ1) is 34.9. The van der Waals surface area contributed by atoms with Crippen LogP contribution in [0.4, 0.5) is 10.8 Å². The van der Waals surface area contributed by atoms with Crippen LogP contribution in [0, 0.1) is 6.92 Å². The van der Waals surface area contributed by atoms with E-state index in [2.05, 4.69) is 16.0 Å². The first-order valence-corrected chi connectivity index (χ1v) is 17.7. The molecule has 0 spiro atoms. The molecule has 6 rings (SSSR count). The Bertz CT molecular complexity index is 2140. The van der Waals surface area contributed by atoms with Crippen LogP contribution in [0.5, 0.6) is 5.75 Å². The number of hydrogen-bond acceptors (Lipinski definition) is 7. The lowest BCUT2D eigenvalue weighted by Gasteiger charge is -2.17. The second-order valence-corrected chi connectivity index (χ2v) is 13.7. The topological polar surface area (TPSA) is 109 Å². The normalized spacial score (nSPS) is 11.7. The number of nitrogens with zero attached hydrogens (tertiary/aromatic N) is 1. The molecular weight excluding hydrogens is 677 g/mol. The molecule has 0 bridgehead atoms. The van der Waals surface area contributed by atoms with Crippen LogP contribution < -0.4 is 20.7 Å². The van der Waals surface area contributed by atoms with Gasteiger partial charge in [0.2, 0.25) is 5.91 Å². The predicted octanol–water partition coefficient (Wildman–Crippen LogP) is 9.01. The minimum absolute atomic E-state index is 0.0705. The quantitative estimate of drug-likeness (QED) is 0.0864. The molecule has 1 aromatic heterocycles. The molecule has 5 aromatic carbocycles. The van der Waals surface area contributed by atoms with Crippen molar-refractivity contribution in [3.8, 4) is 17.0 Å². The van der Waals surface area contributed by atoms with Crippen molar-refractivity contribution < 1.29 is 19.1 Å². The van der Waals surface area contributed by atoms with Crippen LogP contribution in [0.25, 0.3) is 17.3 Å². The molecule has 1 unspecified atom stereocenters. The zero-order valence-electron chi connectivity index (χ0n) is 27.8. The minimum atomic E-state index is -0.566. The van der Waals surface area contributed by atoms with Crippen molar-refractivity contribution >= 4 is 57.7 Å². The number of carbonyl (C=O) groups is 3. The van der Waals surface area contributed by atoms with E-state index in [0.29, 0.717) is 27.7 Å². The van der Waals surface area contributed by atoms with Gasteiger partial charge in [0.05, 0.1) is 12.8 Å². The average molecular weight is 711 g/mol. The van der Waals surface area contributed by atoms with E-state index < -0.39 is 17.1 Å². The molecule has 8 nitrogen and oxygen atoms in total. The van der Waals surface area contributed by atoms with Crippen LogP contribution in [0.1, 0.15) is 31.6 Å². The highest BCUT2D eigenvalue weighted by Crippen LogP contribution is 2.38. The molecule has 0 aliphatic rings. The first-order valence-electron chi connectivity index (χ1n) is 16.0. The first-order chi connectivity index (χ1) is 24.9. The molecule has 51 heavy (non-hydrogen) atoms. The summed E-state index contributed by atoms with van der Waals surface area (Å²) in [5.74, 6) is -0.427. The van der Waals surface area contributed by atoms with Gasteiger partial charge in [0.1, 0.15) is 16.7 Å². The molecule has 1 atom stereocenters. The highest BCUT2D eigenvalue weighted by molar-refractivity contribution is 8.00. The van der Waals surface area contributed by atoms with E-state index in [1.165, 1.54) is 23.1 Å². The summed E-state index contributed by atoms with van der Waals surface area (Å²) in [6, 6.07) is 42.5. The van der Waals surface area contributed by atoms with Crippen molar-refractivity contribution in [3.05, 3.63) is 167 Å². The van der Waals surface area contributed by atoms with E-state index >= 15 is 0 Å². The maximum Gasteiger partial charge on any atom is 0.272 e. The van der Waals surface area contributed by atoms with Crippen molar-refractivity contribution in [1.29, 1.82) is 0 Å². The van der Waals surface area contributed by atoms with Gasteiger partial charge in [-0.3, -0.25) is 14.4 Å². The standard InChI is InChI=1S/C41H34N4O4S2/c1-27-36(29-12-6-3-7-13-29)44-41(50-27)45-40(48)37(30-14-8-4-9-15-30)51-34-24-20-32(21-25-34)42-39(47)35(26-28-18-22-33(49-2)23-19-28)43-38(46)31-16-10-5-11-17-31/h3-26,37H,1-2H3,(H,42,47)(H,43,46)(H,44,45,48)/b35-26-. The van der Waals surface area contributed by atoms with Crippen LogP contribution >= 0.6 is 23.1 Å². The van der Waals surface area contributed by atoms with Crippen LogP contribution in [0.15, 0.2) is 150 Å². The van der Waals surface area contributed by atoms with Crippen molar-refractivity contribution in [1.82, 2.24) is 10.3 Å². The van der Waals surface area contributed by atoms with Gasteiger partial charge in [-0.2, -0.15) is 0 Å². The molecule has 0 aliphatic carbocycles. The number of rotatable bonds is 12. The maximum absolute atomic E-state index is 13.8. The third kappa shape index (κ3) is 9.18. The second kappa shape index (κ2) is 16.6. The molecule has 0 aliphatic heterocycles. The zero-order valence-corrected chi connectivity index (χ0v) is 29.5. The SMILES string of the molecule is COc1ccc(/C=C(\NC(=O)c2ccccc2)C(=O)Nc2ccc(SC(C(=O)Nc3nc(-c4ccccc4)c(C)s3)c3ccccc3)cc2)cc1. The Morgan fingerprint density at radius 3 is 2.04 bits per heavy atom. The number of ether oxygens (including phenoxy) is 1. The Kier molecular flexibility index (Phi) is 11.4. The molecular formula is C41H34N4O4S2. The number of anilines is 2. The van der Waals surface area contributed by atoms with Gasteiger partial charge in [-0.15, -0.1) is 23.1 Å². The Morgan fingerprint density at radius 2 is 1.39 bits per heavy atom. The lowest BCUT2D eigenvalue weighted by atomic mass is 10.1. The molecule has 3 amide bonds. The number of amides is 3. The second-order valence-electron chi connectivity index (χ2n) is 11.3. The fraction of sp³-hybridized carbons (Fsp3) is 0.0732. The number of aryl methyl sites for hydroxylation is 1. The third-order valence-electron chi connectivity index (χ3n) is 7.74. The molecule has 0 saturated carbocycles. The molecule has 0 fully saturated rings. The van der Waals surface area contributed by atoms with Gasteiger partial charge in [0, 0.05) is 26.6 Å². The maximum atomic E-state index is 13.8. The molecule has 254 valence electrons. The number of benzene rings is 5. The lowest BCUT2D eigenvalue weighted by molar-refractivity contribution is -0.116. The number of thiazole rings is 1. The van der Waals surface area contributed by atoms with Crippen LogP contribution in [0.3, 0.4) is 0 Å². The van der Waals surface area contributed by atoms with Crippen LogP contribution in [0.2, 0.25) is 0 Å². The highest BCUT2D eigenvalue weighted by atomic mass is 32.2. The molecule has 10 heteroatoms. The molecule has 0 radical (unpaired) electrons. The Balaban J connectivity index is 1.18. The van der Waals surface area contributed by atoms with E-state index in [0.717, 1.165) is 26.6 Å². The van der Waals surface area contributed by atoms with Crippen LogP contribution in [-0.4, -0.2) is 29.8 Å². The van der Waals surface area contributed by atoms with E-state index in [1.807, 2.05) is 85.8 Å². The van der Waals surface area contributed by atoms with Crippen molar-refractivity contribution in [3.63, 3.8) is 0 Å². The van der Waals surface area contributed by atoms with E-state index in [9.17, 15) is 14.4 Å². The summed E-state index contributed by atoms with van der Waals surface area (Å²) in [5.41, 5.74) is 4.40. The van der Waals surface area contributed by atoms with E-state index in [-0.39, 0.29) is 11.6 Å². The van der Waals surface area contributed by atoms with Gasteiger partial charge in [0.25, 0.3) is 11.8 Å². The summed E-state index contributed by atoms with van der Waals surface area (Å²) in [6.45, 7) is 1.99. The highest BCUT2D eigenvalue weighted by Gasteiger charge is 2.24. The number of hydrogen-bond donors (Lipinski definition) is 3. The van der Waals surface area contributed by atoms with Gasteiger partial charge < -0.3 is 20.7 Å². The summed E-state index contributed by atoms with van der Waals surface area (Å²) >= 11 is 2.84. The van der Waals surface area contributed by atoms with Crippen molar-refractivity contribution in [2.45, 2.75) is 17.1 Å². The molecule has 0 saturated heterocycles. The van der Waals surface area contributed by atoms with Gasteiger partial charge in [-0.05, 0) is 72.7 Å². The average Bonchev–Trinajstić information content (AvgIpc) is 3.54. The summed E-state index contributed by atoms with van der Waals surface area (Å²) in [6.07, 6.45) is 1.61. The monoisotopic (exact) mass is 710 g/mol. The van der Waals surface area contributed by atoms with Gasteiger partial charge in [-0.1, -0.05) is 91.0 Å². The fourth-order valence-electron chi connectivity index (χ4n) is 5.15. The lowest BCUT2D eigenvalue weighted by Crippen LogP contribution is -2.30. The Labute approximate surface area is 304 Å². The molecule has 1 heterocycles. The third-order valence-corrected chi connectivity index (χ3v) is 9.89. The number of thioether (sulfide) groups is 1. The summed E-state index contributed by atoms with van der Waals surface area (Å²) in [5, 5.41) is 8.65. The number of nitrogens with one attached hydrogen (secondary N) is 3. The van der Waals surface area contributed by atoms with E-state index in [4.69, 9.17) is 9.72 Å². The number of aromatic nitrogens is 1. The van der Waals surface area contributed by atoms with Gasteiger partial charge in [-0.25, -0.2) is 4.98 Å². The largest absolute Gasteiger partial charge is 0.497 e. The fourth-order valence-corrected chi connectivity index (χ4v) is 7.01. The number of methoxy groups -OCH3 is 1. The predicted molar refractivity (Wildman–Crippen MR) is 206 cm³/mol. The summed E-state index contributed by atoms with van der Waals surface area (Å²) < 4.78 is 5.25. The van der Waals surface area contributed by atoms with Crippen LogP contribution in [-0.2, 0) is 9.59 Å². The number of carbonyl (C=O) groups excluding carboxylic acids is 3. The molecule has 3 N–H and O–H groups in total. The molecule has 6 aromatic rings. The van der Waals surface area contributed by atoms with E-state index in [1.54, 1.807) is 73.8 Å². The van der Waals surface area contributed by atoms with Crippen molar-refractivity contribution in [2.75, 3.05) is 17.7 Å². The summed E-state index contributed by atoms with van der Waals surface area (Å²) in [7, 11) is 1.58. The van der Waals surface area contributed by atoms with Gasteiger partial charge in [0.15, 0.2) is 5.13 Å².